The fraction of sp³-hybridized carbons (Fsp3) is 0.429. The van der Waals surface area contributed by atoms with Gasteiger partial charge in [-0.05, 0) is 18.2 Å². The van der Waals surface area contributed by atoms with Crippen molar-refractivity contribution in [1.29, 1.82) is 0 Å². The quantitative estimate of drug-likeness (QED) is 0.720. The van der Waals surface area contributed by atoms with Gasteiger partial charge in [0.1, 0.15) is 0 Å². The molecule has 2 N–H and O–H groups in total. The number of amides is 1. The van der Waals surface area contributed by atoms with Crippen LogP contribution in [0.5, 0.6) is 0 Å². The van der Waals surface area contributed by atoms with Gasteiger partial charge in [-0.3, -0.25) is 4.79 Å². The van der Waals surface area contributed by atoms with Gasteiger partial charge in [0.2, 0.25) is 0 Å². The molecule has 1 amide bonds. The van der Waals surface area contributed by atoms with E-state index in [1.54, 1.807) is 18.2 Å². The van der Waals surface area contributed by atoms with Crippen LogP contribution in [0.15, 0.2) is 23.2 Å². The molecule has 0 saturated carbocycles. The van der Waals surface area contributed by atoms with Gasteiger partial charge in [-0.2, -0.15) is 0 Å². The number of carbonyl (C=O) groups is 1. The van der Waals surface area contributed by atoms with E-state index in [1.807, 2.05) is 0 Å². The van der Waals surface area contributed by atoms with E-state index >= 15 is 0 Å². The van der Waals surface area contributed by atoms with Crippen molar-refractivity contribution in [3.63, 3.8) is 0 Å². The molecule has 1 aromatic rings. The Morgan fingerprint density at radius 1 is 1.32 bits per heavy atom. The molecule has 0 aliphatic carbocycles. The van der Waals surface area contributed by atoms with Gasteiger partial charge >= 0.3 is 0 Å². The SMILES string of the molecule is CC1(C)COC(C2=c3cc(N)ccc3=NC2=O)OC1. The van der Waals surface area contributed by atoms with Gasteiger partial charge < -0.3 is 15.2 Å². The third kappa shape index (κ3) is 2.15. The van der Waals surface area contributed by atoms with Crippen LogP contribution in [0.1, 0.15) is 13.8 Å². The number of nitrogens with zero attached hydrogens (tertiary/aromatic N) is 1. The lowest BCUT2D eigenvalue weighted by molar-refractivity contribution is -0.193. The minimum absolute atomic E-state index is 0.0333. The Kier molecular flexibility index (Phi) is 2.69. The third-order valence-corrected chi connectivity index (χ3v) is 3.25. The maximum absolute atomic E-state index is 12.0. The summed E-state index contributed by atoms with van der Waals surface area (Å²) in [5.74, 6) is -0.301. The van der Waals surface area contributed by atoms with Crippen LogP contribution in [0.2, 0.25) is 0 Å². The van der Waals surface area contributed by atoms with Crippen LogP contribution in [-0.4, -0.2) is 25.4 Å². The van der Waals surface area contributed by atoms with Crippen molar-refractivity contribution in [3.05, 3.63) is 28.8 Å². The lowest BCUT2D eigenvalue weighted by Crippen LogP contribution is -2.41. The first-order chi connectivity index (χ1) is 8.96. The number of nitrogens with two attached hydrogens (primary N) is 1. The molecule has 1 aromatic carbocycles. The van der Waals surface area contributed by atoms with Gasteiger partial charge in [0.15, 0.2) is 6.29 Å². The second kappa shape index (κ2) is 4.15. The summed E-state index contributed by atoms with van der Waals surface area (Å²) >= 11 is 0. The summed E-state index contributed by atoms with van der Waals surface area (Å²) in [6.45, 7) is 5.21. The molecule has 5 nitrogen and oxygen atoms in total. The summed E-state index contributed by atoms with van der Waals surface area (Å²) in [5, 5.41) is 1.35. The van der Waals surface area contributed by atoms with Crippen molar-refractivity contribution in [2.75, 3.05) is 18.9 Å². The normalized spacial score (nSPS) is 22.2. The van der Waals surface area contributed by atoms with Gasteiger partial charge in [-0.1, -0.05) is 13.8 Å². The number of rotatable bonds is 1. The van der Waals surface area contributed by atoms with E-state index < -0.39 is 6.29 Å². The van der Waals surface area contributed by atoms with E-state index in [4.69, 9.17) is 15.2 Å². The molecule has 1 saturated heterocycles. The highest BCUT2D eigenvalue weighted by Crippen LogP contribution is 2.26. The highest BCUT2D eigenvalue weighted by molar-refractivity contribution is 6.16. The van der Waals surface area contributed by atoms with Gasteiger partial charge in [0.05, 0.1) is 24.1 Å². The van der Waals surface area contributed by atoms with Crippen LogP contribution in [0.3, 0.4) is 0 Å². The second-order valence-electron chi connectivity index (χ2n) is 5.73. The summed E-state index contributed by atoms with van der Waals surface area (Å²) in [6, 6.07) is 5.21. The Balaban J connectivity index is 2.03. The zero-order valence-corrected chi connectivity index (χ0v) is 11.0. The largest absolute Gasteiger partial charge is 0.399 e. The van der Waals surface area contributed by atoms with E-state index in [1.165, 1.54) is 0 Å². The summed E-state index contributed by atoms with van der Waals surface area (Å²) < 4.78 is 11.3. The molecule has 1 fully saturated rings. The van der Waals surface area contributed by atoms with Gasteiger partial charge in [-0.25, -0.2) is 4.99 Å². The van der Waals surface area contributed by atoms with Crippen molar-refractivity contribution in [2.24, 2.45) is 10.4 Å². The van der Waals surface area contributed by atoms with E-state index in [0.29, 0.717) is 29.8 Å². The summed E-state index contributed by atoms with van der Waals surface area (Å²) in [4.78, 5) is 16.0. The number of anilines is 1. The van der Waals surface area contributed by atoms with Gasteiger partial charge in [-0.15, -0.1) is 0 Å². The highest BCUT2D eigenvalue weighted by Gasteiger charge is 2.34. The molecule has 0 atom stereocenters. The average Bonchev–Trinajstić information content (AvgIpc) is 2.65. The predicted octanol–water partition coefficient (Wildman–Crippen LogP) is -0.0216. The van der Waals surface area contributed by atoms with Crippen molar-refractivity contribution in [2.45, 2.75) is 20.1 Å². The number of nitrogen functional groups attached to an aromatic ring is 1. The number of hydrogen-bond donors (Lipinski definition) is 1. The molecule has 5 heteroatoms. The number of hydrogen-bond acceptors (Lipinski definition) is 4. The van der Waals surface area contributed by atoms with Crippen LogP contribution < -0.4 is 16.3 Å². The second-order valence-corrected chi connectivity index (χ2v) is 5.73. The fourth-order valence-corrected chi connectivity index (χ4v) is 2.24. The lowest BCUT2D eigenvalue weighted by Gasteiger charge is -2.34. The standard InChI is InChI=1S/C14H16N2O3/c1-14(2)6-18-13(19-7-14)11-9-5-8(15)3-4-10(9)16-12(11)17/h3-5,13H,6-7,15H2,1-2H3. The zero-order valence-electron chi connectivity index (χ0n) is 11.0. The Morgan fingerprint density at radius 3 is 2.68 bits per heavy atom. The summed E-state index contributed by atoms with van der Waals surface area (Å²) in [6.07, 6.45) is -0.646. The highest BCUT2D eigenvalue weighted by atomic mass is 16.7. The predicted molar refractivity (Wildman–Crippen MR) is 69.5 cm³/mol. The molecular weight excluding hydrogens is 244 g/mol. The third-order valence-electron chi connectivity index (χ3n) is 3.25. The van der Waals surface area contributed by atoms with Crippen LogP contribution in [0.25, 0.3) is 5.57 Å². The minimum atomic E-state index is -0.646. The first-order valence-corrected chi connectivity index (χ1v) is 6.22. The van der Waals surface area contributed by atoms with Crippen LogP contribution in [0, 0.1) is 5.41 Å². The molecule has 19 heavy (non-hydrogen) atoms. The van der Waals surface area contributed by atoms with E-state index in [9.17, 15) is 4.79 Å². The van der Waals surface area contributed by atoms with Crippen LogP contribution in [0.4, 0.5) is 5.69 Å². The number of carbonyl (C=O) groups excluding carboxylic acids is 1. The molecule has 2 heterocycles. The first kappa shape index (κ1) is 12.3. The van der Waals surface area contributed by atoms with E-state index in [0.717, 1.165) is 5.22 Å². The molecule has 0 spiro atoms. The van der Waals surface area contributed by atoms with E-state index in [-0.39, 0.29) is 11.3 Å². The Labute approximate surface area is 110 Å². The monoisotopic (exact) mass is 260 g/mol. The van der Waals surface area contributed by atoms with Crippen molar-refractivity contribution >= 4 is 17.2 Å². The molecule has 0 unspecified atom stereocenters. The lowest BCUT2D eigenvalue weighted by atomic mass is 9.95. The molecular formula is C14H16N2O3. The Bertz CT molecular complexity index is 654. The zero-order chi connectivity index (χ0) is 13.6. The fourth-order valence-electron chi connectivity index (χ4n) is 2.24. The van der Waals surface area contributed by atoms with Crippen molar-refractivity contribution in [1.82, 2.24) is 0 Å². The average molecular weight is 260 g/mol. The smallest absolute Gasteiger partial charge is 0.279 e. The molecule has 100 valence electrons. The summed E-state index contributed by atoms with van der Waals surface area (Å²) in [7, 11) is 0. The Morgan fingerprint density at radius 2 is 2.00 bits per heavy atom. The molecule has 3 rings (SSSR count). The number of benzene rings is 1. The first-order valence-electron chi connectivity index (χ1n) is 6.22. The van der Waals surface area contributed by atoms with Crippen LogP contribution >= 0.6 is 0 Å². The van der Waals surface area contributed by atoms with Gasteiger partial charge in [0.25, 0.3) is 5.91 Å². The topological polar surface area (TPSA) is 73.9 Å². The minimum Gasteiger partial charge on any atom is -0.399 e. The molecule has 0 radical (unpaired) electrons. The maximum atomic E-state index is 12.0. The number of fused-ring (bicyclic) bond motifs is 1. The molecule has 2 aliphatic heterocycles. The van der Waals surface area contributed by atoms with Crippen LogP contribution in [-0.2, 0) is 14.3 Å². The maximum Gasteiger partial charge on any atom is 0.279 e. The van der Waals surface area contributed by atoms with E-state index in [2.05, 4.69) is 18.8 Å². The molecule has 2 aliphatic rings. The number of ether oxygens (including phenoxy) is 2. The molecule has 0 aromatic heterocycles. The summed E-state index contributed by atoms with van der Waals surface area (Å²) in [5.41, 5.74) is 6.78. The Hall–Kier alpha value is -1.72. The van der Waals surface area contributed by atoms with Crippen molar-refractivity contribution in [3.8, 4) is 0 Å². The van der Waals surface area contributed by atoms with Crippen molar-refractivity contribution < 1.29 is 14.3 Å². The van der Waals surface area contributed by atoms with Gasteiger partial charge in [0, 0.05) is 16.3 Å². The molecule has 0 bridgehead atoms.